The maximum atomic E-state index is 6.39. The summed E-state index contributed by atoms with van der Waals surface area (Å²) in [6, 6.07) is 2.63. The van der Waals surface area contributed by atoms with Gasteiger partial charge in [-0.05, 0) is 31.0 Å². The monoisotopic (exact) mass is 281 g/mol. The minimum Gasteiger partial charge on any atom is -0.355 e. The Morgan fingerprint density at radius 1 is 1.37 bits per heavy atom. The molecule has 0 spiro atoms. The molecule has 0 aromatic carbocycles. The molecule has 1 aliphatic carbocycles. The summed E-state index contributed by atoms with van der Waals surface area (Å²) in [4.78, 5) is 6.82. The van der Waals surface area contributed by atoms with E-state index in [0.29, 0.717) is 6.04 Å². The highest BCUT2D eigenvalue weighted by Gasteiger charge is 2.20. The van der Waals surface area contributed by atoms with Crippen LogP contribution in [0.1, 0.15) is 44.6 Å². The molecule has 0 unspecified atom stereocenters. The van der Waals surface area contributed by atoms with Crippen LogP contribution >= 0.6 is 11.6 Å². The Balaban J connectivity index is 2.06. The number of hydrogen-bond donors (Lipinski definition) is 1. The van der Waals surface area contributed by atoms with Gasteiger partial charge >= 0.3 is 0 Å². The molecule has 2 rings (SSSR count). The maximum absolute atomic E-state index is 6.39. The van der Waals surface area contributed by atoms with Gasteiger partial charge in [-0.1, -0.05) is 37.8 Å². The molecule has 106 valence electrons. The highest BCUT2D eigenvalue weighted by Crippen LogP contribution is 2.29. The third-order valence-electron chi connectivity index (χ3n) is 3.91. The molecule has 1 N–H and O–H groups in total. The van der Waals surface area contributed by atoms with Crippen molar-refractivity contribution in [2.45, 2.75) is 51.6 Å². The predicted molar refractivity (Wildman–Crippen MR) is 81.9 cm³/mol. The van der Waals surface area contributed by atoms with Crippen LogP contribution in [-0.4, -0.2) is 24.6 Å². The normalized spacial score (nSPS) is 16.6. The summed E-state index contributed by atoms with van der Waals surface area (Å²) >= 11 is 6.39. The Bertz CT molecular complexity index is 402. The Labute approximate surface area is 121 Å². The summed E-state index contributed by atoms with van der Waals surface area (Å²) in [5.74, 6) is 0.925. The fraction of sp³-hybridized carbons (Fsp3) is 0.667. The standard InChI is InChI=1S/C15H24ClN3/c1-3-17-10-12-9-14(16)15(18-11-12)19(2)13-7-5-4-6-8-13/h9,11,13,17H,3-8,10H2,1-2H3. The Morgan fingerprint density at radius 3 is 2.74 bits per heavy atom. The van der Waals surface area contributed by atoms with E-state index in [2.05, 4.69) is 29.2 Å². The molecular weight excluding hydrogens is 258 g/mol. The van der Waals surface area contributed by atoms with Crippen molar-refractivity contribution in [1.29, 1.82) is 0 Å². The first kappa shape index (κ1) is 14.6. The maximum Gasteiger partial charge on any atom is 0.147 e. The number of halogens is 1. The molecule has 1 aliphatic rings. The summed E-state index contributed by atoms with van der Waals surface area (Å²) in [6.45, 7) is 3.89. The van der Waals surface area contributed by atoms with Gasteiger partial charge in [0, 0.05) is 25.8 Å². The van der Waals surface area contributed by atoms with Crippen molar-refractivity contribution in [3.05, 3.63) is 22.8 Å². The van der Waals surface area contributed by atoms with E-state index in [1.54, 1.807) is 0 Å². The third-order valence-corrected chi connectivity index (χ3v) is 4.19. The fourth-order valence-electron chi connectivity index (χ4n) is 2.74. The molecule has 1 heterocycles. The predicted octanol–water partition coefficient (Wildman–Crippen LogP) is 3.61. The Hall–Kier alpha value is -0.800. The van der Waals surface area contributed by atoms with E-state index in [0.717, 1.165) is 29.5 Å². The van der Waals surface area contributed by atoms with Crippen LogP contribution < -0.4 is 10.2 Å². The van der Waals surface area contributed by atoms with Gasteiger partial charge in [-0.3, -0.25) is 0 Å². The summed E-state index contributed by atoms with van der Waals surface area (Å²) in [6.07, 6.45) is 8.47. The zero-order valence-electron chi connectivity index (χ0n) is 12.0. The number of aromatic nitrogens is 1. The van der Waals surface area contributed by atoms with Gasteiger partial charge in [-0.25, -0.2) is 4.98 Å². The lowest BCUT2D eigenvalue weighted by Crippen LogP contribution is -2.34. The minimum atomic E-state index is 0.596. The number of nitrogens with zero attached hydrogens (tertiary/aromatic N) is 2. The van der Waals surface area contributed by atoms with E-state index < -0.39 is 0 Å². The number of rotatable bonds is 5. The van der Waals surface area contributed by atoms with Crippen molar-refractivity contribution in [3.63, 3.8) is 0 Å². The molecule has 0 saturated heterocycles. The van der Waals surface area contributed by atoms with Crippen LogP contribution in [0.5, 0.6) is 0 Å². The number of nitrogens with one attached hydrogen (secondary N) is 1. The smallest absolute Gasteiger partial charge is 0.147 e. The lowest BCUT2D eigenvalue weighted by atomic mass is 9.94. The van der Waals surface area contributed by atoms with Gasteiger partial charge in [0.25, 0.3) is 0 Å². The minimum absolute atomic E-state index is 0.596. The van der Waals surface area contributed by atoms with Gasteiger partial charge < -0.3 is 10.2 Å². The molecule has 1 aromatic rings. The average Bonchev–Trinajstić information content (AvgIpc) is 2.45. The molecule has 0 aliphatic heterocycles. The third kappa shape index (κ3) is 3.83. The van der Waals surface area contributed by atoms with E-state index in [9.17, 15) is 0 Å². The van der Waals surface area contributed by atoms with Crippen molar-refractivity contribution >= 4 is 17.4 Å². The van der Waals surface area contributed by atoms with Gasteiger partial charge in [0.05, 0.1) is 5.02 Å². The van der Waals surface area contributed by atoms with Crippen LogP contribution in [0.15, 0.2) is 12.3 Å². The highest BCUT2D eigenvalue weighted by atomic mass is 35.5. The van der Waals surface area contributed by atoms with Crippen LogP contribution in [0.2, 0.25) is 5.02 Å². The number of pyridine rings is 1. The topological polar surface area (TPSA) is 28.2 Å². The van der Waals surface area contributed by atoms with Gasteiger partial charge in [0.15, 0.2) is 0 Å². The Morgan fingerprint density at radius 2 is 2.11 bits per heavy atom. The molecule has 4 heteroatoms. The van der Waals surface area contributed by atoms with Crippen LogP contribution in [0, 0.1) is 0 Å². The van der Waals surface area contributed by atoms with Crippen molar-refractivity contribution in [2.24, 2.45) is 0 Å². The lowest BCUT2D eigenvalue weighted by molar-refractivity contribution is 0.426. The zero-order valence-corrected chi connectivity index (χ0v) is 12.7. The van der Waals surface area contributed by atoms with E-state index in [-0.39, 0.29) is 0 Å². The van der Waals surface area contributed by atoms with Crippen molar-refractivity contribution in [2.75, 3.05) is 18.5 Å². The van der Waals surface area contributed by atoms with Gasteiger partial charge in [-0.2, -0.15) is 0 Å². The van der Waals surface area contributed by atoms with Crippen LogP contribution in [-0.2, 0) is 6.54 Å². The Kier molecular flexibility index (Phi) is 5.46. The zero-order chi connectivity index (χ0) is 13.7. The van der Waals surface area contributed by atoms with Crippen molar-refractivity contribution < 1.29 is 0 Å². The quantitative estimate of drug-likeness (QED) is 0.894. The molecule has 0 atom stereocenters. The molecule has 1 aromatic heterocycles. The summed E-state index contributed by atoms with van der Waals surface area (Å²) in [5, 5.41) is 4.06. The van der Waals surface area contributed by atoms with Crippen LogP contribution in [0.3, 0.4) is 0 Å². The second kappa shape index (κ2) is 7.11. The van der Waals surface area contributed by atoms with Crippen molar-refractivity contribution in [3.8, 4) is 0 Å². The van der Waals surface area contributed by atoms with E-state index in [1.807, 2.05) is 12.3 Å². The first-order valence-electron chi connectivity index (χ1n) is 7.30. The summed E-state index contributed by atoms with van der Waals surface area (Å²) < 4.78 is 0. The first-order valence-corrected chi connectivity index (χ1v) is 7.68. The molecule has 3 nitrogen and oxygen atoms in total. The van der Waals surface area contributed by atoms with Gasteiger partial charge in [0.1, 0.15) is 5.82 Å². The fourth-order valence-corrected chi connectivity index (χ4v) is 3.06. The van der Waals surface area contributed by atoms with E-state index in [1.165, 1.54) is 32.1 Å². The summed E-state index contributed by atoms with van der Waals surface area (Å²) in [5.41, 5.74) is 1.15. The molecule has 1 fully saturated rings. The second-order valence-corrected chi connectivity index (χ2v) is 5.74. The molecule has 19 heavy (non-hydrogen) atoms. The summed E-state index contributed by atoms with van der Waals surface area (Å²) in [7, 11) is 2.12. The molecule has 0 bridgehead atoms. The van der Waals surface area contributed by atoms with Crippen LogP contribution in [0.25, 0.3) is 0 Å². The average molecular weight is 282 g/mol. The first-order chi connectivity index (χ1) is 9.22. The van der Waals surface area contributed by atoms with Crippen LogP contribution in [0.4, 0.5) is 5.82 Å². The van der Waals surface area contributed by atoms with Gasteiger partial charge in [-0.15, -0.1) is 0 Å². The second-order valence-electron chi connectivity index (χ2n) is 5.33. The van der Waals surface area contributed by atoms with Crippen molar-refractivity contribution in [1.82, 2.24) is 10.3 Å². The molecular formula is C15H24ClN3. The number of anilines is 1. The molecule has 0 amide bonds. The largest absolute Gasteiger partial charge is 0.355 e. The van der Waals surface area contributed by atoms with E-state index in [4.69, 9.17) is 11.6 Å². The lowest BCUT2D eigenvalue weighted by Gasteiger charge is -2.32. The van der Waals surface area contributed by atoms with E-state index >= 15 is 0 Å². The molecule has 0 radical (unpaired) electrons. The number of hydrogen-bond acceptors (Lipinski definition) is 3. The SMILES string of the molecule is CCNCc1cnc(N(C)C2CCCCC2)c(Cl)c1. The van der Waals surface area contributed by atoms with Gasteiger partial charge in [0.2, 0.25) is 0 Å². The highest BCUT2D eigenvalue weighted by molar-refractivity contribution is 6.33. The molecule has 1 saturated carbocycles.